The highest BCUT2D eigenvalue weighted by Gasteiger charge is 2.19. The fourth-order valence-corrected chi connectivity index (χ4v) is 2.64. The fraction of sp³-hybridized carbons (Fsp3) is 0.562. The van der Waals surface area contributed by atoms with Gasteiger partial charge in [0.2, 0.25) is 0 Å². The first kappa shape index (κ1) is 14.1. The Kier molecular flexibility index (Phi) is 4.97. The van der Waals surface area contributed by atoms with E-state index in [1.54, 1.807) is 0 Å². The van der Waals surface area contributed by atoms with Gasteiger partial charge in [-0.1, -0.05) is 31.9 Å². The van der Waals surface area contributed by atoms with Gasteiger partial charge in [-0.05, 0) is 36.6 Å². The second kappa shape index (κ2) is 6.71. The molecule has 3 heteroatoms. The highest BCUT2D eigenvalue weighted by molar-refractivity contribution is 5.96. The second-order valence-corrected chi connectivity index (χ2v) is 5.30. The molecule has 0 saturated heterocycles. The molecule has 1 aromatic carbocycles. The summed E-state index contributed by atoms with van der Waals surface area (Å²) in [5.41, 5.74) is 3.42. The normalized spacial score (nSPS) is 14.0. The molecule has 1 aliphatic heterocycles. The number of rotatable bonds is 5. The van der Waals surface area contributed by atoms with Gasteiger partial charge in [-0.3, -0.25) is 4.79 Å². The van der Waals surface area contributed by atoms with Crippen LogP contribution in [0, 0.1) is 0 Å². The standard InChI is InChI=1S/C16H24N2O/c1-3-4-5-11-18(2)16(19)15-8-6-7-13-12-17-10-9-14(13)15/h6-8,17H,3-5,9-12H2,1-2H3. The minimum absolute atomic E-state index is 0.176. The molecule has 1 amide bonds. The lowest BCUT2D eigenvalue weighted by atomic mass is 9.95. The summed E-state index contributed by atoms with van der Waals surface area (Å²) in [6, 6.07) is 6.09. The van der Waals surface area contributed by atoms with E-state index >= 15 is 0 Å². The van der Waals surface area contributed by atoms with Gasteiger partial charge in [-0.25, -0.2) is 0 Å². The average molecular weight is 260 g/mol. The molecule has 0 aliphatic carbocycles. The average Bonchev–Trinajstić information content (AvgIpc) is 2.46. The monoisotopic (exact) mass is 260 g/mol. The lowest BCUT2D eigenvalue weighted by Gasteiger charge is -2.23. The summed E-state index contributed by atoms with van der Waals surface area (Å²) < 4.78 is 0. The van der Waals surface area contributed by atoms with Crippen molar-refractivity contribution < 1.29 is 4.79 Å². The predicted molar refractivity (Wildman–Crippen MR) is 78.3 cm³/mol. The zero-order chi connectivity index (χ0) is 13.7. The zero-order valence-corrected chi connectivity index (χ0v) is 12.0. The van der Waals surface area contributed by atoms with Gasteiger partial charge in [-0.15, -0.1) is 0 Å². The van der Waals surface area contributed by atoms with Crippen LogP contribution in [0.3, 0.4) is 0 Å². The lowest BCUT2D eigenvalue weighted by molar-refractivity contribution is 0.0791. The van der Waals surface area contributed by atoms with Crippen molar-refractivity contribution in [1.82, 2.24) is 10.2 Å². The summed E-state index contributed by atoms with van der Waals surface area (Å²) in [5.74, 6) is 0.176. The third kappa shape index (κ3) is 3.35. The molecular formula is C16H24N2O. The first-order valence-electron chi connectivity index (χ1n) is 7.31. The number of carbonyl (C=O) groups is 1. The number of hydrogen-bond donors (Lipinski definition) is 1. The maximum absolute atomic E-state index is 12.5. The van der Waals surface area contributed by atoms with Crippen LogP contribution in [0.2, 0.25) is 0 Å². The van der Waals surface area contributed by atoms with Gasteiger partial charge < -0.3 is 10.2 Å². The third-order valence-electron chi connectivity index (χ3n) is 3.81. The smallest absolute Gasteiger partial charge is 0.253 e. The minimum atomic E-state index is 0.176. The Hall–Kier alpha value is -1.35. The molecule has 0 saturated carbocycles. The van der Waals surface area contributed by atoms with Gasteiger partial charge in [0.05, 0.1) is 0 Å². The highest BCUT2D eigenvalue weighted by Crippen LogP contribution is 2.20. The van der Waals surface area contributed by atoms with Crippen LogP contribution >= 0.6 is 0 Å². The van der Waals surface area contributed by atoms with Crippen molar-refractivity contribution in [3.63, 3.8) is 0 Å². The first-order valence-corrected chi connectivity index (χ1v) is 7.31. The van der Waals surface area contributed by atoms with Crippen molar-refractivity contribution in [3.05, 3.63) is 34.9 Å². The van der Waals surface area contributed by atoms with E-state index in [1.165, 1.54) is 24.0 Å². The van der Waals surface area contributed by atoms with Crippen LogP contribution in [-0.4, -0.2) is 30.9 Å². The van der Waals surface area contributed by atoms with Crippen LogP contribution in [-0.2, 0) is 13.0 Å². The van der Waals surface area contributed by atoms with E-state index in [4.69, 9.17) is 0 Å². The third-order valence-corrected chi connectivity index (χ3v) is 3.81. The zero-order valence-electron chi connectivity index (χ0n) is 12.0. The van der Waals surface area contributed by atoms with E-state index in [9.17, 15) is 4.79 Å². The summed E-state index contributed by atoms with van der Waals surface area (Å²) in [5, 5.41) is 3.35. The van der Waals surface area contributed by atoms with Gasteiger partial charge in [0.15, 0.2) is 0 Å². The molecule has 104 valence electrons. The van der Waals surface area contributed by atoms with E-state index < -0.39 is 0 Å². The molecule has 0 aromatic heterocycles. The number of carbonyl (C=O) groups excluding carboxylic acids is 1. The Morgan fingerprint density at radius 1 is 1.37 bits per heavy atom. The number of unbranched alkanes of at least 4 members (excludes halogenated alkanes) is 2. The maximum Gasteiger partial charge on any atom is 0.253 e. The summed E-state index contributed by atoms with van der Waals surface area (Å²) in [6.45, 7) is 4.89. The van der Waals surface area contributed by atoms with Gasteiger partial charge in [0.25, 0.3) is 5.91 Å². The first-order chi connectivity index (χ1) is 9.24. The number of fused-ring (bicyclic) bond motifs is 1. The molecule has 19 heavy (non-hydrogen) atoms. The molecule has 0 fully saturated rings. The topological polar surface area (TPSA) is 32.3 Å². The summed E-state index contributed by atoms with van der Waals surface area (Å²) >= 11 is 0. The molecular weight excluding hydrogens is 236 g/mol. The van der Waals surface area contributed by atoms with Gasteiger partial charge in [-0.2, -0.15) is 0 Å². The largest absolute Gasteiger partial charge is 0.342 e. The van der Waals surface area contributed by atoms with Crippen LogP contribution in [0.25, 0.3) is 0 Å². The molecule has 1 heterocycles. The van der Waals surface area contributed by atoms with Crippen molar-refractivity contribution in [2.75, 3.05) is 20.1 Å². The Balaban J connectivity index is 2.10. The summed E-state index contributed by atoms with van der Waals surface area (Å²) in [7, 11) is 1.92. The van der Waals surface area contributed by atoms with Crippen molar-refractivity contribution in [3.8, 4) is 0 Å². The minimum Gasteiger partial charge on any atom is -0.342 e. The number of benzene rings is 1. The van der Waals surface area contributed by atoms with Crippen molar-refractivity contribution >= 4 is 5.91 Å². The fourth-order valence-electron chi connectivity index (χ4n) is 2.64. The number of nitrogens with zero attached hydrogens (tertiary/aromatic N) is 1. The SMILES string of the molecule is CCCCCN(C)C(=O)c1cccc2c1CCNC2. The van der Waals surface area contributed by atoms with Crippen LogP contribution in [0.1, 0.15) is 47.7 Å². The predicted octanol–water partition coefficient (Wildman–Crippen LogP) is 2.59. The Morgan fingerprint density at radius 2 is 2.21 bits per heavy atom. The molecule has 1 aromatic rings. The van der Waals surface area contributed by atoms with Crippen LogP contribution in [0.5, 0.6) is 0 Å². The van der Waals surface area contributed by atoms with Gasteiger partial charge in [0.1, 0.15) is 0 Å². The van der Waals surface area contributed by atoms with E-state index in [-0.39, 0.29) is 5.91 Å². The van der Waals surface area contributed by atoms with Crippen LogP contribution in [0.15, 0.2) is 18.2 Å². The molecule has 2 rings (SSSR count). The second-order valence-electron chi connectivity index (χ2n) is 5.30. The van der Waals surface area contributed by atoms with Crippen molar-refractivity contribution in [1.29, 1.82) is 0 Å². The highest BCUT2D eigenvalue weighted by atomic mass is 16.2. The number of hydrogen-bond acceptors (Lipinski definition) is 2. The van der Waals surface area contributed by atoms with E-state index in [0.29, 0.717) is 0 Å². The molecule has 0 bridgehead atoms. The molecule has 3 nitrogen and oxygen atoms in total. The van der Waals surface area contributed by atoms with E-state index in [1.807, 2.05) is 24.1 Å². The van der Waals surface area contributed by atoms with Crippen molar-refractivity contribution in [2.45, 2.75) is 39.2 Å². The summed E-state index contributed by atoms with van der Waals surface area (Å²) in [6.07, 6.45) is 4.43. The van der Waals surface area contributed by atoms with Crippen LogP contribution < -0.4 is 5.32 Å². The molecule has 1 N–H and O–H groups in total. The van der Waals surface area contributed by atoms with Gasteiger partial charge in [0, 0.05) is 25.7 Å². The molecule has 0 atom stereocenters. The molecule has 0 radical (unpaired) electrons. The van der Waals surface area contributed by atoms with Crippen molar-refractivity contribution in [2.24, 2.45) is 0 Å². The number of nitrogens with one attached hydrogen (secondary N) is 1. The molecule has 0 spiro atoms. The lowest BCUT2D eigenvalue weighted by Crippen LogP contribution is -2.31. The number of amides is 1. The Labute approximate surface area is 116 Å². The van der Waals surface area contributed by atoms with Gasteiger partial charge >= 0.3 is 0 Å². The van der Waals surface area contributed by atoms with E-state index in [2.05, 4.69) is 18.3 Å². The Bertz CT molecular complexity index is 442. The van der Waals surface area contributed by atoms with Crippen LogP contribution in [0.4, 0.5) is 0 Å². The molecule has 1 aliphatic rings. The quantitative estimate of drug-likeness (QED) is 0.825. The molecule has 0 unspecified atom stereocenters. The summed E-state index contributed by atoms with van der Waals surface area (Å²) in [4.78, 5) is 14.4. The Morgan fingerprint density at radius 3 is 3.00 bits per heavy atom. The van der Waals surface area contributed by atoms with E-state index in [0.717, 1.165) is 38.0 Å². The maximum atomic E-state index is 12.5.